The maximum Gasteiger partial charge on any atom is 0.256 e. The van der Waals surface area contributed by atoms with Crippen LogP contribution in [0.1, 0.15) is 21.5 Å². The molecule has 0 fully saturated rings. The van der Waals surface area contributed by atoms with Crippen molar-refractivity contribution in [3.8, 4) is 17.2 Å². The first-order valence-corrected chi connectivity index (χ1v) is 10.6. The molecule has 154 valence electrons. The molecule has 0 aliphatic carbocycles. The number of thiophene rings is 1. The number of fused-ring (bicyclic) bond motifs is 1. The molecule has 6 nitrogen and oxygen atoms in total. The van der Waals surface area contributed by atoms with Crippen LogP contribution in [0.3, 0.4) is 0 Å². The van der Waals surface area contributed by atoms with Gasteiger partial charge < -0.3 is 16.4 Å². The minimum Gasteiger partial charge on any atom is -0.383 e. The smallest absolute Gasteiger partial charge is 0.256 e. The molecule has 8 heteroatoms. The van der Waals surface area contributed by atoms with E-state index in [1.54, 1.807) is 19.2 Å². The minimum atomic E-state index is -0.292. The van der Waals surface area contributed by atoms with Gasteiger partial charge in [0.15, 0.2) is 0 Å². The summed E-state index contributed by atoms with van der Waals surface area (Å²) in [4.78, 5) is 17.3. The summed E-state index contributed by atoms with van der Waals surface area (Å²) in [6, 6.07) is 17.2. The highest BCUT2D eigenvalue weighted by molar-refractivity contribution is 7.24. The Morgan fingerprint density at radius 3 is 2.61 bits per heavy atom. The molecular weight excluding hydrogens is 430 g/mol. The van der Waals surface area contributed by atoms with Gasteiger partial charge in [-0.3, -0.25) is 4.79 Å². The monoisotopic (exact) mass is 447 g/mol. The zero-order chi connectivity index (χ0) is 22.1. The predicted molar refractivity (Wildman–Crippen MR) is 127 cm³/mol. The number of amides is 1. The second-order valence-electron chi connectivity index (χ2n) is 6.92. The maximum absolute atomic E-state index is 12.8. The number of hydrogen-bond acceptors (Lipinski definition) is 6. The normalized spacial score (nSPS) is 10.6. The molecule has 0 aliphatic rings. The molecule has 1 amide bonds. The second kappa shape index (κ2) is 8.26. The number of halogens is 1. The molecule has 0 spiro atoms. The van der Waals surface area contributed by atoms with Crippen LogP contribution in [-0.4, -0.2) is 17.9 Å². The molecule has 0 saturated carbocycles. The number of anilines is 3. The van der Waals surface area contributed by atoms with Gasteiger partial charge in [0.05, 0.1) is 10.2 Å². The number of pyridine rings is 1. The van der Waals surface area contributed by atoms with Crippen LogP contribution in [0.15, 0.2) is 48.5 Å². The summed E-state index contributed by atoms with van der Waals surface area (Å²) in [5, 5.41) is 17.0. The van der Waals surface area contributed by atoms with Crippen LogP contribution in [-0.2, 0) is 0 Å². The van der Waals surface area contributed by atoms with E-state index < -0.39 is 0 Å². The van der Waals surface area contributed by atoms with Crippen LogP contribution in [0.5, 0.6) is 0 Å². The van der Waals surface area contributed by atoms with Gasteiger partial charge in [0, 0.05) is 23.3 Å². The largest absolute Gasteiger partial charge is 0.383 e. The third-order valence-electron chi connectivity index (χ3n) is 4.82. The number of nitrogens with zero attached hydrogens (tertiary/aromatic N) is 2. The van der Waals surface area contributed by atoms with Crippen LogP contribution < -0.4 is 16.4 Å². The summed E-state index contributed by atoms with van der Waals surface area (Å²) >= 11 is 7.41. The van der Waals surface area contributed by atoms with E-state index in [-0.39, 0.29) is 17.3 Å². The van der Waals surface area contributed by atoms with E-state index in [4.69, 9.17) is 17.3 Å². The van der Waals surface area contributed by atoms with Gasteiger partial charge in [-0.1, -0.05) is 35.9 Å². The van der Waals surface area contributed by atoms with Crippen molar-refractivity contribution in [2.75, 3.05) is 18.1 Å². The number of aryl methyl sites for hydroxylation is 1. The van der Waals surface area contributed by atoms with Crippen molar-refractivity contribution >= 4 is 55.6 Å². The van der Waals surface area contributed by atoms with Crippen LogP contribution >= 0.6 is 22.9 Å². The van der Waals surface area contributed by atoms with E-state index in [1.165, 1.54) is 11.3 Å². The Kier molecular flexibility index (Phi) is 5.51. The molecule has 0 saturated heterocycles. The van der Waals surface area contributed by atoms with Gasteiger partial charge in [-0.2, -0.15) is 5.26 Å². The Bertz CT molecular complexity index is 1360. The lowest BCUT2D eigenvalue weighted by atomic mass is 10.00. The molecule has 0 bridgehead atoms. The summed E-state index contributed by atoms with van der Waals surface area (Å²) < 4.78 is 0.696. The maximum atomic E-state index is 12.8. The Morgan fingerprint density at radius 1 is 1.23 bits per heavy atom. The first kappa shape index (κ1) is 20.7. The van der Waals surface area contributed by atoms with Gasteiger partial charge in [-0.15, -0.1) is 11.3 Å². The third-order valence-corrected chi connectivity index (χ3v) is 6.19. The van der Waals surface area contributed by atoms with Crippen molar-refractivity contribution in [3.63, 3.8) is 0 Å². The molecule has 31 heavy (non-hydrogen) atoms. The van der Waals surface area contributed by atoms with Gasteiger partial charge in [-0.25, -0.2) is 4.98 Å². The number of hydrogen-bond donors (Lipinski definition) is 3. The average Bonchev–Trinajstić information content (AvgIpc) is 3.10. The number of aromatic nitrogens is 1. The highest BCUT2D eigenvalue weighted by atomic mass is 35.5. The summed E-state index contributed by atoms with van der Waals surface area (Å²) in [5.74, 6) is -0.218. The van der Waals surface area contributed by atoms with Crippen LogP contribution in [0.4, 0.5) is 16.5 Å². The molecule has 4 rings (SSSR count). The van der Waals surface area contributed by atoms with Crippen molar-refractivity contribution in [1.29, 1.82) is 5.26 Å². The zero-order valence-corrected chi connectivity index (χ0v) is 18.4. The number of nitrogens with two attached hydrogens (primary N) is 1. The van der Waals surface area contributed by atoms with Crippen molar-refractivity contribution in [3.05, 3.63) is 70.2 Å². The Labute approximate surface area is 188 Å². The molecule has 4 N–H and O–H groups in total. The highest BCUT2D eigenvalue weighted by Crippen LogP contribution is 2.44. The van der Waals surface area contributed by atoms with Crippen LogP contribution in [0.25, 0.3) is 21.3 Å². The molecule has 4 aromatic rings. The van der Waals surface area contributed by atoms with Gasteiger partial charge in [0.2, 0.25) is 0 Å². The van der Waals surface area contributed by atoms with E-state index >= 15 is 0 Å². The number of benzene rings is 2. The van der Waals surface area contributed by atoms with E-state index in [1.807, 2.05) is 43.3 Å². The fourth-order valence-electron chi connectivity index (χ4n) is 3.40. The third kappa shape index (κ3) is 3.79. The molecule has 0 radical (unpaired) electrons. The molecule has 2 aromatic heterocycles. The first-order chi connectivity index (χ1) is 14.9. The zero-order valence-electron chi connectivity index (χ0n) is 16.8. The van der Waals surface area contributed by atoms with Crippen molar-refractivity contribution < 1.29 is 4.79 Å². The molecule has 0 aliphatic heterocycles. The van der Waals surface area contributed by atoms with E-state index in [0.29, 0.717) is 31.4 Å². The number of nitriles is 1. The van der Waals surface area contributed by atoms with E-state index in [0.717, 1.165) is 16.8 Å². The molecular formula is C23H18ClN5OS. The van der Waals surface area contributed by atoms with Crippen molar-refractivity contribution in [2.45, 2.75) is 6.92 Å². The quantitative estimate of drug-likeness (QED) is 0.384. The summed E-state index contributed by atoms with van der Waals surface area (Å²) in [6.07, 6.45) is 0. The Morgan fingerprint density at radius 2 is 1.97 bits per heavy atom. The SMILES string of the molecule is CNC(=O)c1c(Nc2cccc(C)c2)sc2c(-c3ccc(Cl)cc3)c(C#N)c(N)nc12. The summed E-state index contributed by atoms with van der Waals surface area (Å²) in [7, 11) is 1.56. The number of nitrogens with one attached hydrogen (secondary N) is 2. The lowest BCUT2D eigenvalue weighted by Crippen LogP contribution is -2.18. The lowest BCUT2D eigenvalue weighted by molar-refractivity contribution is 0.0965. The summed E-state index contributed by atoms with van der Waals surface area (Å²) in [6.45, 7) is 2.00. The van der Waals surface area contributed by atoms with Crippen LogP contribution in [0.2, 0.25) is 5.02 Å². The van der Waals surface area contributed by atoms with Crippen LogP contribution in [0, 0.1) is 18.3 Å². The first-order valence-electron chi connectivity index (χ1n) is 9.40. The van der Waals surface area contributed by atoms with Gasteiger partial charge in [0.25, 0.3) is 5.91 Å². The van der Waals surface area contributed by atoms with E-state index in [9.17, 15) is 10.1 Å². The topological polar surface area (TPSA) is 104 Å². The van der Waals surface area contributed by atoms with Gasteiger partial charge >= 0.3 is 0 Å². The highest BCUT2D eigenvalue weighted by Gasteiger charge is 2.25. The summed E-state index contributed by atoms with van der Waals surface area (Å²) in [5.41, 5.74) is 10.6. The fraction of sp³-hybridized carbons (Fsp3) is 0.0870. The standard InChI is InChI=1S/C23H18ClN5OS/c1-12-4-3-5-15(10-12)28-23-18(22(30)27-2)19-20(31-23)17(16(11-25)21(26)29-19)13-6-8-14(24)9-7-13/h3-10,28H,1-2H3,(H2,26,29)(H,27,30). The van der Waals surface area contributed by atoms with Crippen molar-refractivity contribution in [2.24, 2.45) is 0 Å². The van der Waals surface area contributed by atoms with Crippen molar-refractivity contribution in [1.82, 2.24) is 10.3 Å². The molecule has 0 unspecified atom stereocenters. The molecule has 2 heterocycles. The minimum absolute atomic E-state index is 0.0741. The van der Waals surface area contributed by atoms with Gasteiger partial charge in [-0.05, 0) is 42.3 Å². The Balaban J connectivity index is 2.03. The van der Waals surface area contributed by atoms with E-state index in [2.05, 4.69) is 21.7 Å². The number of rotatable bonds is 4. The number of carbonyl (C=O) groups excluding carboxylic acids is 1. The predicted octanol–water partition coefficient (Wildman–Crippen LogP) is 5.48. The van der Waals surface area contributed by atoms with Gasteiger partial charge in [0.1, 0.15) is 28.0 Å². The lowest BCUT2D eigenvalue weighted by Gasteiger charge is -2.09. The molecule has 0 atom stereocenters. The second-order valence-corrected chi connectivity index (χ2v) is 8.38. The number of carbonyl (C=O) groups is 1. The Hall–Kier alpha value is -3.60. The molecule has 2 aromatic carbocycles. The average molecular weight is 448 g/mol. The number of nitrogen functional groups attached to an aromatic ring is 1. The fourth-order valence-corrected chi connectivity index (χ4v) is 4.76.